The number of hydrogen-bond donors (Lipinski definition) is 2. The predicted octanol–water partition coefficient (Wildman–Crippen LogP) is 1.60. The van der Waals surface area contributed by atoms with E-state index in [0.29, 0.717) is 29.2 Å². The number of carbonyl (C=O) groups is 1. The summed E-state index contributed by atoms with van der Waals surface area (Å²) in [6.45, 7) is 2.19. The Balaban J connectivity index is 2.89. The Labute approximate surface area is 125 Å². The van der Waals surface area contributed by atoms with Gasteiger partial charge in [0.1, 0.15) is 0 Å². The van der Waals surface area contributed by atoms with Crippen molar-refractivity contribution < 1.29 is 24.1 Å². The lowest BCUT2D eigenvalue weighted by molar-refractivity contribution is 0.0909. The van der Waals surface area contributed by atoms with E-state index >= 15 is 0 Å². The Bertz CT molecular complexity index is 450. The lowest BCUT2D eigenvalue weighted by Crippen LogP contribution is -2.32. The molecular weight excluding hydrogens is 274 g/mol. The van der Waals surface area contributed by atoms with Crippen LogP contribution < -0.4 is 19.5 Å². The molecule has 2 N–H and O–H groups in total. The van der Waals surface area contributed by atoms with Crippen molar-refractivity contribution in [2.75, 3.05) is 27.9 Å². The lowest BCUT2D eigenvalue weighted by atomic mass is 10.1. The highest BCUT2D eigenvalue weighted by atomic mass is 16.5. The van der Waals surface area contributed by atoms with Gasteiger partial charge in [-0.2, -0.15) is 0 Å². The normalized spacial score (nSPS) is 11.7. The third-order valence-electron chi connectivity index (χ3n) is 3.05. The van der Waals surface area contributed by atoms with Crippen molar-refractivity contribution in [1.29, 1.82) is 0 Å². The molecule has 1 amide bonds. The molecule has 0 spiro atoms. The summed E-state index contributed by atoms with van der Waals surface area (Å²) in [5.41, 5.74) is 0.383. The summed E-state index contributed by atoms with van der Waals surface area (Å²) in [5.74, 6) is 0.958. The average molecular weight is 297 g/mol. The van der Waals surface area contributed by atoms with Crippen LogP contribution in [0, 0.1) is 0 Å². The van der Waals surface area contributed by atoms with Crippen molar-refractivity contribution in [3.8, 4) is 17.2 Å². The first-order valence-corrected chi connectivity index (χ1v) is 6.83. The summed E-state index contributed by atoms with van der Waals surface area (Å²) >= 11 is 0. The van der Waals surface area contributed by atoms with Crippen LogP contribution in [0.2, 0.25) is 0 Å². The van der Waals surface area contributed by atoms with Crippen molar-refractivity contribution in [2.45, 2.75) is 25.9 Å². The maximum absolute atomic E-state index is 12.1. The van der Waals surface area contributed by atoms with Crippen LogP contribution >= 0.6 is 0 Å². The number of aliphatic hydroxyl groups excluding tert-OH is 1. The van der Waals surface area contributed by atoms with Gasteiger partial charge >= 0.3 is 0 Å². The van der Waals surface area contributed by atoms with Gasteiger partial charge in [-0.15, -0.1) is 0 Å². The number of nitrogens with one attached hydrogen (secondary N) is 1. The molecule has 0 aliphatic carbocycles. The minimum absolute atomic E-state index is 0.212. The highest BCUT2D eigenvalue weighted by Gasteiger charge is 2.17. The standard InChI is InChI=1S/C15H23NO5/c1-5-6-11(17)9-16-15(18)10-7-12(19-2)14(21-4)13(8-10)20-3/h7-8,11,17H,5-6,9H2,1-4H3,(H,16,18). The van der Waals surface area contributed by atoms with Crippen molar-refractivity contribution >= 4 is 5.91 Å². The second kappa shape index (κ2) is 8.36. The van der Waals surface area contributed by atoms with Crippen LogP contribution in [0.4, 0.5) is 0 Å². The Kier molecular flexibility index (Phi) is 6.81. The minimum atomic E-state index is -0.541. The van der Waals surface area contributed by atoms with E-state index in [-0.39, 0.29) is 12.5 Å². The summed E-state index contributed by atoms with van der Waals surface area (Å²) in [6, 6.07) is 3.14. The number of methoxy groups -OCH3 is 3. The maximum atomic E-state index is 12.1. The zero-order chi connectivity index (χ0) is 15.8. The first-order valence-electron chi connectivity index (χ1n) is 6.83. The Hall–Kier alpha value is -1.95. The van der Waals surface area contributed by atoms with Gasteiger partial charge in [0.05, 0.1) is 27.4 Å². The minimum Gasteiger partial charge on any atom is -0.493 e. The van der Waals surface area contributed by atoms with E-state index in [0.717, 1.165) is 6.42 Å². The number of amides is 1. The molecular formula is C15H23NO5. The Morgan fingerprint density at radius 3 is 2.19 bits per heavy atom. The fourth-order valence-electron chi connectivity index (χ4n) is 1.96. The summed E-state index contributed by atoms with van der Waals surface area (Å²) in [7, 11) is 4.48. The molecule has 0 aromatic heterocycles. The second-order valence-corrected chi connectivity index (χ2v) is 4.57. The molecule has 1 aromatic carbocycles. The smallest absolute Gasteiger partial charge is 0.251 e. The van der Waals surface area contributed by atoms with Gasteiger partial charge in [0.25, 0.3) is 5.91 Å². The summed E-state index contributed by atoms with van der Waals surface area (Å²) < 4.78 is 15.6. The molecule has 1 unspecified atom stereocenters. The Morgan fingerprint density at radius 2 is 1.76 bits per heavy atom. The van der Waals surface area contributed by atoms with E-state index in [4.69, 9.17) is 14.2 Å². The third kappa shape index (κ3) is 4.53. The highest BCUT2D eigenvalue weighted by molar-refractivity contribution is 5.95. The number of aliphatic hydroxyl groups is 1. The van der Waals surface area contributed by atoms with Gasteiger partial charge in [-0.1, -0.05) is 13.3 Å². The highest BCUT2D eigenvalue weighted by Crippen LogP contribution is 2.38. The Morgan fingerprint density at radius 1 is 1.19 bits per heavy atom. The molecule has 0 heterocycles. The monoisotopic (exact) mass is 297 g/mol. The largest absolute Gasteiger partial charge is 0.493 e. The molecule has 0 radical (unpaired) electrons. The van der Waals surface area contributed by atoms with Crippen molar-refractivity contribution in [3.63, 3.8) is 0 Å². The van der Waals surface area contributed by atoms with Crippen molar-refractivity contribution in [1.82, 2.24) is 5.32 Å². The number of hydrogen-bond acceptors (Lipinski definition) is 5. The predicted molar refractivity (Wildman–Crippen MR) is 79.3 cm³/mol. The molecule has 0 aliphatic rings. The summed E-state index contributed by atoms with van der Waals surface area (Å²) in [4.78, 5) is 12.1. The van der Waals surface area contributed by atoms with E-state index in [1.54, 1.807) is 12.1 Å². The van der Waals surface area contributed by atoms with Crippen molar-refractivity contribution in [3.05, 3.63) is 17.7 Å². The van der Waals surface area contributed by atoms with E-state index < -0.39 is 6.10 Å². The van der Waals surface area contributed by atoms with Gasteiger partial charge in [-0.05, 0) is 18.6 Å². The van der Waals surface area contributed by atoms with Crippen LogP contribution in [-0.4, -0.2) is 45.0 Å². The molecule has 118 valence electrons. The van der Waals surface area contributed by atoms with E-state index in [9.17, 15) is 9.90 Å². The van der Waals surface area contributed by atoms with Crippen LogP contribution in [0.15, 0.2) is 12.1 Å². The molecule has 0 fully saturated rings. The van der Waals surface area contributed by atoms with E-state index in [2.05, 4.69) is 5.32 Å². The molecule has 0 aliphatic heterocycles. The SMILES string of the molecule is CCCC(O)CNC(=O)c1cc(OC)c(OC)c(OC)c1. The topological polar surface area (TPSA) is 77.0 Å². The first kappa shape index (κ1) is 17.1. The molecule has 21 heavy (non-hydrogen) atoms. The first-order chi connectivity index (χ1) is 10.1. The molecule has 1 rings (SSSR count). The van der Waals surface area contributed by atoms with Crippen LogP contribution in [0.3, 0.4) is 0 Å². The molecule has 6 nitrogen and oxygen atoms in total. The molecule has 0 saturated heterocycles. The molecule has 0 bridgehead atoms. The van der Waals surface area contributed by atoms with Gasteiger partial charge in [0.2, 0.25) is 5.75 Å². The molecule has 6 heteroatoms. The quantitative estimate of drug-likeness (QED) is 0.762. The van der Waals surface area contributed by atoms with Crippen LogP contribution in [0.1, 0.15) is 30.1 Å². The van der Waals surface area contributed by atoms with Crippen LogP contribution in [0.25, 0.3) is 0 Å². The lowest BCUT2D eigenvalue weighted by Gasteiger charge is -2.15. The molecule has 1 aromatic rings. The van der Waals surface area contributed by atoms with Gasteiger partial charge in [-0.3, -0.25) is 4.79 Å². The summed E-state index contributed by atoms with van der Waals surface area (Å²) in [6.07, 6.45) is 0.970. The van der Waals surface area contributed by atoms with Gasteiger partial charge < -0.3 is 24.6 Å². The van der Waals surface area contributed by atoms with Crippen LogP contribution in [-0.2, 0) is 0 Å². The van der Waals surface area contributed by atoms with Crippen LogP contribution in [0.5, 0.6) is 17.2 Å². The fourth-order valence-corrected chi connectivity index (χ4v) is 1.96. The fraction of sp³-hybridized carbons (Fsp3) is 0.533. The van der Waals surface area contributed by atoms with Gasteiger partial charge in [0.15, 0.2) is 11.5 Å². The number of rotatable bonds is 8. The number of benzene rings is 1. The number of carbonyl (C=O) groups excluding carboxylic acids is 1. The second-order valence-electron chi connectivity index (χ2n) is 4.57. The van der Waals surface area contributed by atoms with E-state index in [1.807, 2.05) is 6.92 Å². The third-order valence-corrected chi connectivity index (χ3v) is 3.05. The van der Waals surface area contributed by atoms with Crippen molar-refractivity contribution in [2.24, 2.45) is 0 Å². The summed E-state index contributed by atoms with van der Waals surface area (Å²) in [5, 5.41) is 12.3. The zero-order valence-electron chi connectivity index (χ0n) is 12.9. The van der Waals surface area contributed by atoms with Gasteiger partial charge in [0, 0.05) is 12.1 Å². The molecule has 0 saturated carbocycles. The number of ether oxygens (including phenoxy) is 3. The zero-order valence-corrected chi connectivity index (χ0v) is 12.9. The van der Waals surface area contributed by atoms with E-state index in [1.165, 1.54) is 21.3 Å². The average Bonchev–Trinajstić information content (AvgIpc) is 2.51. The maximum Gasteiger partial charge on any atom is 0.251 e. The van der Waals surface area contributed by atoms with Gasteiger partial charge in [-0.25, -0.2) is 0 Å². The molecule has 1 atom stereocenters.